The Morgan fingerprint density at radius 2 is 1.74 bits per heavy atom. The van der Waals surface area contributed by atoms with E-state index in [1.807, 2.05) is 66.7 Å². The van der Waals surface area contributed by atoms with Gasteiger partial charge in [0.25, 0.3) is 0 Å². The van der Waals surface area contributed by atoms with Gasteiger partial charge < -0.3 is 19.9 Å². The molecule has 140 valence electrons. The molecule has 2 N–H and O–H groups in total. The molecule has 0 aliphatic rings. The minimum atomic E-state index is -1.35. The monoisotopic (exact) mass is 365 g/mol. The van der Waals surface area contributed by atoms with Crippen LogP contribution in [0.25, 0.3) is 10.8 Å². The summed E-state index contributed by atoms with van der Waals surface area (Å²) < 4.78 is 10.2. The summed E-state index contributed by atoms with van der Waals surface area (Å²) in [7, 11) is 1.60. The van der Waals surface area contributed by atoms with Gasteiger partial charge in [-0.15, -0.1) is 0 Å². The maximum atomic E-state index is 12.3. The first-order valence-corrected chi connectivity index (χ1v) is 8.87. The number of benzene rings is 3. The molecule has 0 heterocycles. The van der Waals surface area contributed by atoms with Gasteiger partial charge in [0.2, 0.25) is 0 Å². The summed E-state index contributed by atoms with van der Waals surface area (Å²) in [6.07, 6.45) is -1.35. The van der Waals surface area contributed by atoms with Gasteiger partial charge in [-0.1, -0.05) is 42.5 Å². The molecular formula is C22H23NO4. The zero-order valence-corrected chi connectivity index (χ0v) is 15.4. The van der Waals surface area contributed by atoms with Crippen molar-refractivity contribution in [2.24, 2.45) is 0 Å². The molecule has 0 amide bonds. The van der Waals surface area contributed by atoms with Crippen molar-refractivity contribution in [2.45, 2.75) is 19.1 Å². The summed E-state index contributed by atoms with van der Waals surface area (Å²) in [6.45, 7) is 1.93. The Labute approximate surface area is 158 Å². The number of anilines is 1. The molecule has 0 aliphatic heterocycles. The minimum Gasteiger partial charge on any atom is -0.497 e. The van der Waals surface area contributed by atoms with Crippen LogP contribution < -0.4 is 10.1 Å². The molecule has 3 aromatic carbocycles. The largest absolute Gasteiger partial charge is 0.497 e. The Kier molecular flexibility index (Phi) is 5.94. The van der Waals surface area contributed by atoms with Gasteiger partial charge in [0.05, 0.1) is 19.8 Å². The minimum absolute atomic E-state index is 0.209. The fraction of sp³-hybridized carbons (Fsp3) is 0.227. The van der Waals surface area contributed by atoms with E-state index in [4.69, 9.17) is 9.47 Å². The van der Waals surface area contributed by atoms with E-state index in [-0.39, 0.29) is 6.61 Å². The lowest BCUT2D eigenvalue weighted by atomic mass is 9.95. The number of hydrogen-bond acceptors (Lipinski definition) is 5. The van der Waals surface area contributed by atoms with E-state index in [1.54, 1.807) is 14.0 Å². The summed E-state index contributed by atoms with van der Waals surface area (Å²) in [4.78, 5) is 12.3. The van der Waals surface area contributed by atoms with Gasteiger partial charge in [-0.25, -0.2) is 4.79 Å². The molecule has 0 bridgehead atoms. The van der Waals surface area contributed by atoms with Crippen LogP contribution in [0.1, 0.15) is 18.5 Å². The number of carbonyl (C=O) groups excluding carboxylic acids is 1. The van der Waals surface area contributed by atoms with Gasteiger partial charge >= 0.3 is 5.97 Å². The average molecular weight is 365 g/mol. The highest BCUT2D eigenvalue weighted by molar-refractivity contribution is 5.88. The van der Waals surface area contributed by atoms with Crippen molar-refractivity contribution in [2.75, 3.05) is 19.0 Å². The maximum Gasteiger partial charge on any atom is 0.337 e. The fourth-order valence-electron chi connectivity index (χ4n) is 3.08. The van der Waals surface area contributed by atoms with E-state index in [9.17, 15) is 9.90 Å². The SMILES string of the molecule is CCOC(=O)[C@@H](O)[C@H](Nc1ccc(OC)cc1)c1cccc2ccccc12. The van der Waals surface area contributed by atoms with Gasteiger partial charge in [-0.2, -0.15) is 0 Å². The van der Waals surface area contributed by atoms with Gasteiger partial charge in [0.15, 0.2) is 6.10 Å². The molecule has 2 atom stereocenters. The van der Waals surface area contributed by atoms with Crippen molar-refractivity contribution in [3.8, 4) is 5.75 Å². The first-order valence-electron chi connectivity index (χ1n) is 8.87. The predicted octanol–water partition coefficient (Wildman–Crippen LogP) is 3.93. The van der Waals surface area contributed by atoms with Crippen LogP contribution in [0, 0.1) is 0 Å². The number of ether oxygens (including phenoxy) is 2. The number of methoxy groups -OCH3 is 1. The molecule has 0 fully saturated rings. The Hall–Kier alpha value is -3.05. The van der Waals surface area contributed by atoms with Gasteiger partial charge in [0.1, 0.15) is 5.75 Å². The highest BCUT2D eigenvalue weighted by atomic mass is 16.5. The summed E-state index contributed by atoms with van der Waals surface area (Å²) in [5, 5.41) is 16.0. The molecule has 5 nitrogen and oxygen atoms in total. The second-order valence-electron chi connectivity index (χ2n) is 6.12. The number of aliphatic hydroxyl groups is 1. The number of aliphatic hydroxyl groups excluding tert-OH is 1. The third-order valence-electron chi connectivity index (χ3n) is 4.41. The number of esters is 1. The Morgan fingerprint density at radius 1 is 1.04 bits per heavy atom. The van der Waals surface area contributed by atoms with Crippen LogP contribution in [0.2, 0.25) is 0 Å². The molecule has 0 unspecified atom stereocenters. The normalized spacial score (nSPS) is 13.0. The maximum absolute atomic E-state index is 12.3. The van der Waals surface area contributed by atoms with Crippen LogP contribution in [0.3, 0.4) is 0 Å². The van der Waals surface area contributed by atoms with Crippen LogP contribution in [-0.2, 0) is 9.53 Å². The van der Waals surface area contributed by atoms with Crippen LogP contribution in [0.4, 0.5) is 5.69 Å². The molecule has 0 saturated heterocycles. The second-order valence-corrected chi connectivity index (χ2v) is 6.12. The number of fused-ring (bicyclic) bond motifs is 1. The van der Waals surface area contributed by atoms with E-state index >= 15 is 0 Å². The van der Waals surface area contributed by atoms with E-state index in [0.29, 0.717) is 0 Å². The number of rotatable bonds is 7. The fourth-order valence-corrected chi connectivity index (χ4v) is 3.08. The quantitative estimate of drug-likeness (QED) is 0.621. The second kappa shape index (κ2) is 8.56. The molecule has 3 rings (SSSR count). The molecule has 0 aliphatic carbocycles. The third-order valence-corrected chi connectivity index (χ3v) is 4.41. The van der Waals surface area contributed by atoms with Crippen molar-refractivity contribution in [1.82, 2.24) is 0 Å². The van der Waals surface area contributed by atoms with Crippen molar-refractivity contribution in [3.63, 3.8) is 0 Å². The summed E-state index contributed by atoms with van der Waals surface area (Å²) in [6, 6.07) is 20.4. The average Bonchev–Trinajstić information content (AvgIpc) is 2.72. The number of hydrogen-bond donors (Lipinski definition) is 2. The summed E-state index contributed by atoms with van der Waals surface area (Å²) >= 11 is 0. The van der Waals surface area contributed by atoms with Crippen molar-refractivity contribution in [1.29, 1.82) is 0 Å². The number of nitrogens with one attached hydrogen (secondary N) is 1. The van der Waals surface area contributed by atoms with Gasteiger partial charge in [-0.3, -0.25) is 0 Å². The van der Waals surface area contributed by atoms with Crippen LogP contribution in [0.5, 0.6) is 5.75 Å². The zero-order valence-electron chi connectivity index (χ0n) is 15.4. The predicted molar refractivity (Wildman–Crippen MR) is 106 cm³/mol. The van der Waals surface area contributed by atoms with Crippen molar-refractivity contribution in [3.05, 3.63) is 72.3 Å². The Morgan fingerprint density at radius 3 is 2.44 bits per heavy atom. The van der Waals surface area contributed by atoms with Crippen molar-refractivity contribution >= 4 is 22.4 Å². The van der Waals surface area contributed by atoms with Gasteiger partial charge in [-0.05, 0) is 47.5 Å². The lowest BCUT2D eigenvalue weighted by Gasteiger charge is -2.25. The van der Waals surface area contributed by atoms with Gasteiger partial charge in [0, 0.05) is 5.69 Å². The first kappa shape index (κ1) is 18.7. The molecule has 0 radical (unpaired) electrons. The molecule has 0 saturated carbocycles. The lowest BCUT2D eigenvalue weighted by molar-refractivity contribution is -0.153. The highest BCUT2D eigenvalue weighted by Gasteiger charge is 2.30. The number of carbonyl (C=O) groups is 1. The Bertz CT molecular complexity index is 902. The zero-order chi connectivity index (χ0) is 19.2. The molecule has 0 spiro atoms. The van der Waals surface area contributed by atoms with Crippen LogP contribution in [-0.4, -0.2) is 30.9 Å². The lowest BCUT2D eigenvalue weighted by Crippen LogP contribution is -2.34. The smallest absolute Gasteiger partial charge is 0.337 e. The van der Waals surface area contributed by atoms with E-state index < -0.39 is 18.1 Å². The van der Waals surface area contributed by atoms with Crippen molar-refractivity contribution < 1.29 is 19.4 Å². The van der Waals surface area contributed by atoms with Crippen LogP contribution >= 0.6 is 0 Å². The standard InChI is InChI=1S/C22H23NO4/c1-3-27-22(25)21(24)20(23-16-11-13-17(26-2)14-12-16)19-10-6-8-15-7-4-5-9-18(15)19/h4-14,20-21,23-24H,3H2,1-2H3/t20-,21+/m1/s1. The highest BCUT2D eigenvalue weighted by Crippen LogP contribution is 2.30. The third kappa shape index (κ3) is 4.20. The molecule has 27 heavy (non-hydrogen) atoms. The Balaban J connectivity index is 2.01. The summed E-state index contributed by atoms with van der Waals surface area (Å²) in [5.41, 5.74) is 1.58. The topological polar surface area (TPSA) is 67.8 Å². The molecule has 5 heteroatoms. The van der Waals surface area contributed by atoms with Crippen LogP contribution in [0.15, 0.2) is 66.7 Å². The van der Waals surface area contributed by atoms with E-state index in [0.717, 1.165) is 27.8 Å². The first-order chi connectivity index (χ1) is 13.1. The summed E-state index contributed by atoms with van der Waals surface area (Å²) in [5.74, 6) is 0.0737. The van der Waals surface area contributed by atoms with E-state index in [2.05, 4.69) is 5.32 Å². The molecular weight excluding hydrogens is 342 g/mol. The molecule has 0 aromatic heterocycles. The van der Waals surface area contributed by atoms with E-state index in [1.165, 1.54) is 0 Å². The molecule has 3 aromatic rings.